The van der Waals surface area contributed by atoms with Gasteiger partial charge < -0.3 is 4.90 Å². The average molecular weight is 614 g/mol. The molecule has 1 nitrogen and oxygen atoms in total. The Labute approximate surface area is 282 Å². The van der Waals surface area contributed by atoms with Gasteiger partial charge in [-0.3, -0.25) is 0 Å². The van der Waals surface area contributed by atoms with Crippen LogP contribution in [0.4, 0.5) is 17.1 Å². The van der Waals surface area contributed by atoms with Crippen molar-refractivity contribution in [3.05, 3.63) is 187 Å². The molecule has 0 atom stereocenters. The predicted octanol–water partition coefficient (Wildman–Crippen LogP) is 13.1. The molecule has 0 aromatic heterocycles. The zero-order valence-corrected chi connectivity index (χ0v) is 27.2. The molecule has 0 unspecified atom stereocenters. The molecule has 9 rings (SSSR count). The first kappa shape index (κ1) is 28.3. The number of hydrogen-bond acceptors (Lipinski definition) is 1. The number of hydrogen-bond donors (Lipinski definition) is 0. The lowest BCUT2D eigenvalue weighted by atomic mass is 9.82. The highest BCUT2D eigenvalue weighted by Gasteiger charge is 2.38. The van der Waals surface area contributed by atoms with Crippen molar-refractivity contribution in [1.82, 2.24) is 0 Å². The van der Waals surface area contributed by atoms with Gasteiger partial charge in [-0.2, -0.15) is 0 Å². The van der Waals surface area contributed by atoms with Crippen LogP contribution < -0.4 is 4.90 Å². The maximum atomic E-state index is 2.53. The third-order valence-corrected chi connectivity index (χ3v) is 10.3. The van der Waals surface area contributed by atoms with E-state index in [0.717, 1.165) is 5.69 Å². The number of anilines is 3. The zero-order valence-electron chi connectivity index (χ0n) is 27.2. The van der Waals surface area contributed by atoms with Gasteiger partial charge in [-0.25, -0.2) is 0 Å². The van der Waals surface area contributed by atoms with Gasteiger partial charge in [0.2, 0.25) is 0 Å². The highest BCUT2D eigenvalue weighted by molar-refractivity contribution is 6.10. The molecule has 0 amide bonds. The van der Waals surface area contributed by atoms with E-state index in [1.807, 2.05) is 0 Å². The number of fused-ring (bicyclic) bond motifs is 5. The van der Waals surface area contributed by atoms with Crippen LogP contribution in [-0.4, -0.2) is 0 Å². The fourth-order valence-corrected chi connectivity index (χ4v) is 8.03. The van der Waals surface area contributed by atoms with Gasteiger partial charge in [-0.05, 0) is 67.7 Å². The van der Waals surface area contributed by atoms with Crippen molar-refractivity contribution in [1.29, 1.82) is 0 Å². The molecule has 0 heterocycles. The molecular weight excluding hydrogens is 579 g/mol. The molecule has 0 bridgehead atoms. The summed E-state index contributed by atoms with van der Waals surface area (Å²) in [5.74, 6) is 0. The molecular formula is C47H35N. The monoisotopic (exact) mass is 613 g/mol. The topological polar surface area (TPSA) is 3.24 Å². The normalized spacial score (nSPS) is 13.0. The van der Waals surface area contributed by atoms with E-state index < -0.39 is 0 Å². The SMILES string of the molecule is CC1(C)c2ccccc2-c2c(N(c3ccccc3-c3cccc4cccc(-c5ccccc5)c34)c3cccc4ccccc34)cccc21. The third-order valence-electron chi connectivity index (χ3n) is 10.3. The van der Waals surface area contributed by atoms with Crippen LogP contribution in [0.3, 0.4) is 0 Å². The van der Waals surface area contributed by atoms with Crippen molar-refractivity contribution < 1.29 is 0 Å². The average Bonchev–Trinajstić information content (AvgIpc) is 3.38. The Hall–Kier alpha value is -5.92. The molecule has 0 saturated heterocycles. The molecule has 0 radical (unpaired) electrons. The van der Waals surface area contributed by atoms with Gasteiger partial charge >= 0.3 is 0 Å². The minimum atomic E-state index is -0.105. The second-order valence-electron chi connectivity index (χ2n) is 13.3. The predicted molar refractivity (Wildman–Crippen MR) is 205 cm³/mol. The maximum absolute atomic E-state index is 2.53. The Balaban J connectivity index is 1.38. The maximum Gasteiger partial charge on any atom is 0.0543 e. The Kier molecular flexibility index (Phi) is 6.55. The molecule has 8 aromatic rings. The summed E-state index contributed by atoms with van der Waals surface area (Å²) >= 11 is 0. The fraction of sp³-hybridized carbons (Fsp3) is 0.0638. The lowest BCUT2D eigenvalue weighted by Gasteiger charge is -2.31. The van der Waals surface area contributed by atoms with Gasteiger partial charge in [-0.1, -0.05) is 172 Å². The first-order valence-corrected chi connectivity index (χ1v) is 16.8. The molecule has 0 N–H and O–H groups in total. The van der Waals surface area contributed by atoms with E-state index >= 15 is 0 Å². The molecule has 8 aromatic carbocycles. The van der Waals surface area contributed by atoms with Gasteiger partial charge in [0, 0.05) is 21.9 Å². The summed E-state index contributed by atoms with van der Waals surface area (Å²) in [4.78, 5) is 2.53. The molecule has 0 fully saturated rings. The van der Waals surface area contributed by atoms with Gasteiger partial charge in [0.05, 0.1) is 17.1 Å². The van der Waals surface area contributed by atoms with Crippen LogP contribution >= 0.6 is 0 Å². The summed E-state index contributed by atoms with van der Waals surface area (Å²) in [5.41, 5.74) is 13.6. The summed E-state index contributed by atoms with van der Waals surface area (Å²) in [6, 6.07) is 64.4. The van der Waals surface area contributed by atoms with Gasteiger partial charge in [0.1, 0.15) is 0 Å². The Morgan fingerprint density at radius 1 is 0.375 bits per heavy atom. The molecule has 228 valence electrons. The molecule has 1 aliphatic carbocycles. The molecule has 48 heavy (non-hydrogen) atoms. The Morgan fingerprint density at radius 3 is 1.77 bits per heavy atom. The Bertz CT molecular complexity index is 2480. The number of para-hydroxylation sites is 1. The van der Waals surface area contributed by atoms with Crippen molar-refractivity contribution in [3.8, 4) is 33.4 Å². The summed E-state index contributed by atoms with van der Waals surface area (Å²) in [6.07, 6.45) is 0. The number of rotatable bonds is 5. The molecule has 1 heteroatoms. The van der Waals surface area contributed by atoms with Crippen molar-refractivity contribution in [2.24, 2.45) is 0 Å². The van der Waals surface area contributed by atoms with Crippen LogP contribution in [0, 0.1) is 0 Å². The summed E-state index contributed by atoms with van der Waals surface area (Å²) in [6.45, 7) is 4.72. The minimum absolute atomic E-state index is 0.105. The fourth-order valence-electron chi connectivity index (χ4n) is 8.03. The van der Waals surface area contributed by atoms with Crippen LogP contribution in [0.2, 0.25) is 0 Å². The second kappa shape index (κ2) is 11.1. The first-order valence-electron chi connectivity index (χ1n) is 16.8. The van der Waals surface area contributed by atoms with Crippen LogP contribution in [0.25, 0.3) is 54.9 Å². The molecule has 0 spiro atoms. The van der Waals surface area contributed by atoms with Crippen LogP contribution in [0.15, 0.2) is 176 Å². The lowest BCUT2D eigenvalue weighted by molar-refractivity contribution is 0.660. The van der Waals surface area contributed by atoms with E-state index in [4.69, 9.17) is 0 Å². The number of benzene rings is 8. The van der Waals surface area contributed by atoms with Crippen molar-refractivity contribution >= 4 is 38.6 Å². The van der Waals surface area contributed by atoms with Gasteiger partial charge in [0.25, 0.3) is 0 Å². The lowest BCUT2D eigenvalue weighted by Crippen LogP contribution is -2.16. The Morgan fingerprint density at radius 2 is 0.917 bits per heavy atom. The second-order valence-corrected chi connectivity index (χ2v) is 13.3. The highest BCUT2D eigenvalue weighted by Crippen LogP contribution is 2.55. The molecule has 0 saturated carbocycles. The number of nitrogens with zero attached hydrogens (tertiary/aromatic N) is 1. The van der Waals surface area contributed by atoms with E-state index in [1.165, 1.54) is 77.4 Å². The highest BCUT2D eigenvalue weighted by atomic mass is 15.1. The molecule has 0 aliphatic heterocycles. The van der Waals surface area contributed by atoms with E-state index in [2.05, 4.69) is 195 Å². The third kappa shape index (κ3) is 4.32. The largest absolute Gasteiger partial charge is 0.309 e. The van der Waals surface area contributed by atoms with Crippen LogP contribution in [-0.2, 0) is 5.41 Å². The summed E-state index contributed by atoms with van der Waals surface area (Å²) in [5, 5.41) is 4.95. The smallest absolute Gasteiger partial charge is 0.0543 e. The van der Waals surface area contributed by atoms with Crippen LogP contribution in [0.5, 0.6) is 0 Å². The summed E-state index contributed by atoms with van der Waals surface area (Å²) in [7, 11) is 0. The first-order chi connectivity index (χ1) is 23.6. The van der Waals surface area contributed by atoms with Crippen molar-refractivity contribution in [2.75, 3.05) is 4.90 Å². The standard InChI is InChI=1S/C47H35N/c1-47(2)40-27-10-8-24-39(40)46-41(47)28-15-31-44(46)48(42-30-14-19-32-18-6-7-22-35(32)42)43-29-11-9-23-37(43)38-26-13-21-34-20-12-25-36(45(34)38)33-16-4-3-5-17-33/h3-31H,1-2H3. The van der Waals surface area contributed by atoms with Gasteiger partial charge in [-0.15, -0.1) is 0 Å². The minimum Gasteiger partial charge on any atom is -0.309 e. The quantitative estimate of drug-likeness (QED) is 0.187. The zero-order chi connectivity index (χ0) is 32.2. The van der Waals surface area contributed by atoms with Crippen molar-refractivity contribution in [2.45, 2.75) is 19.3 Å². The van der Waals surface area contributed by atoms with E-state index in [-0.39, 0.29) is 5.41 Å². The van der Waals surface area contributed by atoms with E-state index in [0.29, 0.717) is 0 Å². The van der Waals surface area contributed by atoms with Gasteiger partial charge in [0.15, 0.2) is 0 Å². The molecule has 1 aliphatic rings. The van der Waals surface area contributed by atoms with Crippen LogP contribution in [0.1, 0.15) is 25.0 Å². The van der Waals surface area contributed by atoms with E-state index in [1.54, 1.807) is 0 Å². The van der Waals surface area contributed by atoms with Crippen molar-refractivity contribution in [3.63, 3.8) is 0 Å². The van der Waals surface area contributed by atoms with E-state index in [9.17, 15) is 0 Å². The summed E-state index contributed by atoms with van der Waals surface area (Å²) < 4.78 is 0.